The topological polar surface area (TPSA) is 71.4 Å². The summed E-state index contributed by atoms with van der Waals surface area (Å²) >= 11 is 0. The number of hydrogen-bond donors (Lipinski definition) is 0. The number of aliphatic imine (C=N–C) groups is 1. The molecule has 1 aliphatic heterocycles. The number of ether oxygens (including phenoxy) is 2. The number of anilines is 3. The SMILES string of the molecule is CCN1C(=O)/C(=C\c2ccc(N(c3ccccc3)c3ccccc3)cc2)O/C1=N\c1cc(C)ccc1C(=O)OC. The Morgan fingerprint density at radius 3 is 2.08 bits per heavy atom. The van der Waals surface area contributed by atoms with Gasteiger partial charge in [0.25, 0.3) is 5.91 Å². The lowest BCUT2D eigenvalue weighted by molar-refractivity contribution is -0.122. The highest BCUT2D eigenvalue weighted by molar-refractivity contribution is 6.12. The van der Waals surface area contributed by atoms with Crippen molar-refractivity contribution in [2.24, 2.45) is 4.99 Å². The minimum atomic E-state index is -0.511. The minimum absolute atomic E-state index is 0.116. The summed E-state index contributed by atoms with van der Waals surface area (Å²) in [6, 6.07) is 33.5. The molecule has 4 aromatic carbocycles. The van der Waals surface area contributed by atoms with Crippen LogP contribution in [0.1, 0.15) is 28.4 Å². The highest BCUT2D eigenvalue weighted by Crippen LogP contribution is 2.34. The molecule has 0 bridgehead atoms. The molecule has 1 fully saturated rings. The van der Waals surface area contributed by atoms with Gasteiger partial charge in [0.2, 0.25) is 0 Å². The lowest BCUT2D eigenvalue weighted by atomic mass is 10.1. The van der Waals surface area contributed by atoms with Crippen molar-refractivity contribution >= 4 is 46.7 Å². The molecule has 0 N–H and O–H groups in total. The molecule has 40 heavy (non-hydrogen) atoms. The smallest absolute Gasteiger partial charge is 0.340 e. The Hall–Kier alpha value is -5.17. The number of carbonyl (C=O) groups is 2. The maximum absolute atomic E-state index is 13.2. The summed E-state index contributed by atoms with van der Waals surface area (Å²) in [5.41, 5.74) is 5.44. The summed E-state index contributed by atoms with van der Waals surface area (Å²) in [4.78, 5) is 33.6. The Labute approximate surface area is 233 Å². The van der Waals surface area contributed by atoms with Crippen LogP contribution >= 0.6 is 0 Å². The van der Waals surface area contributed by atoms with Gasteiger partial charge in [0.15, 0.2) is 5.76 Å². The number of likely N-dealkylation sites (N-methyl/N-ethyl adjacent to an activating group) is 1. The summed E-state index contributed by atoms with van der Waals surface area (Å²) in [6.45, 7) is 4.10. The number of hydrogen-bond acceptors (Lipinski definition) is 6. The molecule has 200 valence electrons. The van der Waals surface area contributed by atoms with E-state index in [0.717, 1.165) is 28.2 Å². The number of para-hydroxylation sites is 2. The Morgan fingerprint density at radius 1 is 0.900 bits per heavy atom. The Balaban J connectivity index is 1.45. The van der Waals surface area contributed by atoms with Crippen LogP contribution in [0.4, 0.5) is 22.7 Å². The van der Waals surface area contributed by atoms with Gasteiger partial charge in [-0.15, -0.1) is 0 Å². The van der Waals surface area contributed by atoms with E-state index < -0.39 is 5.97 Å². The van der Waals surface area contributed by atoms with Gasteiger partial charge in [0.1, 0.15) is 0 Å². The number of benzene rings is 4. The van der Waals surface area contributed by atoms with Crippen LogP contribution in [0.25, 0.3) is 6.08 Å². The second-order valence-electron chi connectivity index (χ2n) is 9.16. The highest BCUT2D eigenvalue weighted by Gasteiger charge is 2.34. The molecule has 0 radical (unpaired) electrons. The van der Waals surface area contributed by atoms with Crippen molar-refractivity contribution in [1.82, 2.24) is 4.90 Å². The molecule has 0 saturated carbocycles. The van der Waals surface area contributed by atoms with E-state index in [0.29, 0.717) is 17.8 Å². The van der Waals surface area contributed by atoms with Crippen LogP contribution in [0.2, 0.25) is 0 Å². The molecule has 0 spiro atoms. The van der Waals surface area contributed by atoms with Crippen LogP contribution in [-0.4, -0.2) is 36.5 Å². The van der Waals surface area contributed by atoms with Crippen LogP contribution < -0.4 is 4.90 Å². The van der Waals surface area contributed by atoms with Crippen molar-refractivity contribution in [2.45, 2.75) is 13.8 Å². The first-order valence-corrected chi connectivity index (χ1v) is 13.0. The number of carbonyl (C=O) groups excluding carboxylic acids is 2. The Kier molecular flexibility index (Phi) is 7.73. The number of methoxy groups -OCH3 is 1. The monoisotopic (exact) mass is 531 g/mol. The van der Waals surface area contributed by atoms with Crippen LogP contribution in [0, 0.1) is 6.92 Å². The van der Waals surface area contributed by atoms with E-state index in [4.69, 9.17) is 9.47 Å². The average molecular weight is 532 g/mol. The lowest BCUT2D eigenvalue weighted by Gasteiger charge is -2.25. The number of rotatable bonds is 7. The zero-order valence-corrected chi connectivity index (χ0v) is 22.6. The molecule has 0 aliphatic carbocycles. The zero-order chi connectivity index (χ0) is 28.1. The largest absolute Gasteiger partial charge is 0.465 e. The third-order valence-corrected chi connectivity index (χ3v) is 6.46. The molecule has 4 aromatic rings. The van der Waals surface area contributed by atoms with Gasteiger partial charge in [-0.25, -0.2) is 4.79 Å². The van der Waals surface area contributed by atoms with Gasteiger partial charge in [0.05, 0.1) is 18.4 Å². The van der Waals surface area contributed by atoms with E-state index in [1.54, 1.807) is 24.3 Å². The van der Waals surface area contributed by atoms with Crippen molar-refractivity contribution in [3.63, 3.8) is 0 Å². The maximum Gasteiger partial charge on any atom is 0.340 e. The summed E-state index contributed by atoms with van der Waals surface area (Å²) in [5.74, 6) is -0.654. The summed E-state index contributed by atoms with van der Waals surface area (Å²) in [6.07, 6.45) is 1.70. The first-order chi connectivity index (χ1) is 19.5. The normalized spacial score (nSPS) is 14.9. The van der Waals surface area contributed by atoms with E-state index in [9.17, 15) is 9.59 Å². The molecule has 1 amide bonds. The van der Waals surface area contributed by atoms with E-state index in [-0.39, 0.29) is 17.7 Å². The number of amides is 1. The first kappa shape index (κ1) is 26.4. The summed E-state index contributed by atoms with van der Waals surface area (Å²) in [7, 11) is 1.32. The fourth-order valence-electron chi connectivity index (χ4n) is 4.46. The Bertz CT molecular complexity index is 1540. The molecule has 1 aliphatic rings. The predicted octanol–water partition coefficient (Wildman–Crippen LogP) is 7.16. The van der Waals surface area contributed by atoms with Gasteiger partial charge >= 0.3 is 12.0 Å². The van der Waals surface area contributed by atoms with E-state index in [1.165, 1.54) is 12.0 Å². The van der Waals surface area contributed by atoms with E-state index >= 15 is 0 Å². The molecule has 1 saturated heterocycles. The second-order valence-corrected chi connectivity index (χ2v) is 9.16. The fraction of sp³-hybridized carbons (Fsp3) is 0.121. The van der Waals surface area contributed by atoms with Gasteiger partial charge in [0, 0.05) is 23.6 Å². The van der Waals surface area contributed by atoms with E-state index in [1.807, 2.05) is 74.5 Å². The molecule has 0 aromatic heterocycles. The van der Waals surface area contributed by atoms with Gasteiger partial charge in [-0.1, -0.05) is 54.6 Å². The first-order valence-electron chi connectivity index (χ1n) is 13.0. The molecule has 7 heteroatoms. The average Bonchev–Trinajstić information content (AvgIpc) is 3.28. The molecule has 0 atom stereocenters. The summed E-state index contributed by atoms with van der Waals surface area (Å²) < 4.78 is 10.8. The molecule has 0 unspecified atom stereocenters. The number of aryl methyl sites for hydroxylation is 1. The third kappa shape index (κ3) is 5.49. The van der Waals surface area contributed by atoms with Gasteiger partial charge in [-0.2, -0.15) is 4.99 Å². The van der Waals surface area contributed by atoms with Crippen LogP contribution in [0.15, 0.2) is 114 Å². The highest BCUT2D eigenvalue weighted by atomic mass is 16.5. The molecule has 5 rings (SSSR count). The maximum atomic E-state index is 13.2. The zero-order valence-electron chi connectivity index (χ0n) is 22.6. The minimum Gasteiger partial charge on any atom is -0.465 e. The summed E-state index contributed by atoms with van der Waals surface area (Å²) in [5, 5.41) is 0. The molecule has 7 nitrogen and oxygen atoms in total. The van der Waals surface area contributed by atoms with Crippen LogP contribution in [0.5, 0.6) is 0 Å². The van der Waals surface area contributed by atoms with Gasteiger partial charge in [-0.3, -0.25) is 9.69 Å². The number of amidine groups is 1. The Morgan fingerprint density at radius 2 is 1.50 bits per heavy atom. The predicted molar refractivity (Wildman–Crippen MR) is 157 cm³/mol. The van der Waals surface area contributed by atoms with Gasteiger partial charge in [-0.05, 0) is 79.6 Å². The molecule has 1 heterocycles. The van der Waals surface area contributed by atoms with Crippen molar-refractivity contribution in [1.29, 1.82) is 0 Å². The van der Waals surface area contributed by atoms with Crippen molar-refractivity contribution in [3.8, 4) is 0 Å². The van der Waals surface area contributed by atoms with Crippen molar-refractivity contribution < 1.29 is 19.1 Å². The third-order valence-electron chi connectivity index (χ3n) is 6.46. The number of nitrogens with zero attached hydrogens (tertiary/aromatic N) is 3. The second kappa shape index (κ2) is 11.7. The fourth-order valence-corrected chi connectivity index (χ4v) is 4.46. The number of esters is 1. The molecular formula is C33H29N3O4. The van der Waals surface area contributed by atoms with Crippen molar-refractivity contribution in [3.05, 3.63) is 126 Å². The van der Waals surface area contributed by atoms with Crippen LogP contribution in [0.3, 0.4) is 0 Å². The lowest BCUT2D eigenvalue weighted by Crippen LogP contribution is -2.29. The van der Waals surface area contributed by atoms with Crippen molar-refractivity contribution in [2.75, 3.05) is 18.6 Å². The quantitative estimate of drug-likeness (QED) is 0.187. The van der Waals surface area contributed by atoms with Gasteiger partial charge < -0.3 is 14.4 Å². The standard InChI is InChI=1S/C33H29N3O4/c1-4-35-31(37)30(40-33(35)34-29-21-23(2)15-20-28(29)32(38)39-3)22-24-16-18-27(19-17-24)36(25-11-7-5-8-12-25)26-13-9-6-10-14-26/h5-22H,4H2,1-3H3/b30-22+,34-33-. The van der Waals surface area contributed by atoms with E-state index in [2.05, 4.69) is 34.2 Å². The molecular weight excluding hydrogens is 502 g/mol. The van der Waals surface area contributed by atoms with Crippen LogP contribution in [-0.2, 0) is 14.3 Å².